The summed E-state index contributed by atoms with van der Waals surface area (Å²) in [4.78, 5) is 35.9. The first-order valence-electron chi connectivity index (χ1n) is 5.47. The van der Waals surface area contributed by atoms with Crippen molar-refractivity contribution in [3.05, 3.63) is 0 Å². The fourth-order valence-corrected chi connectivity index (χ4v) is 1.19. The number of aliphatic imine (C=N–C) groups is 1. The average molecular weight is 258 g/mol. The molecule has 0 heterocycles. The first-order valence-corrected chi connectivity index (χ1v) is 5.47. The van der Waals surface area contributed by atoms with Gasteiger partial charge in [-0.05, 0) is 12.8 Å². The smallest absolute Gasteiger partial charge is 0.303 e. The Bertz CT molecular complexity index is 326. The molecule has 1 atom stereocenters. The molecule has 1 amide bonds. The van der Waals surface area contributed by atoms with Gasteiger partial charge in [-0.15, -0.1) is 0 Å². The quantitative estimate of drug-likeness (QED) is 0.173. The van der Waals surface area contributed by atoms with Gasteiger partial charge < -0.3 is 26.7 Å². The van der Waals surface area contributed by atoms with Crippen LogP contribution in [0.5, 0.6) is 0 Å². The minimum absolute atomic E-state index is 0.0249. The topological polar surface area (TPSA) is 148 Å². The molecule has 0 aliphatic carbocycles. The van der Waals surface area contributed by atoms with Gasteiger partial charge in [0.1, 0.15) is 6.29 Å². The number of guanidine groups is 1. The number of carboxylic acids is 1. The van der Waals surface area contributed by atoms with Crippen molar-refractivity contribution in [2.45, 2.75) is 31.7 Å². The van der Waals surface area contributed by atoms with Gasteiger partial charge in [0.15, 0.2) is 5.96 Å². The Morgan fingerprint density at radius 2 is 2.00 bits per heavy atom. The Balaban J connectivity index is 3.88. The van der Waals surface area contributed by atoms with Crippen molar-refractivity contribution in [2.24, 2.45) is 16.5 Å². The van der Waals surface area contributed by atoms with E-state index >= 15 is 0 Å². The number of nitrogens with zero attached hydrogens (tertiary/aromatic N) is 1. The van der Waals surface area contributed by atoms with Gasteiger partial charge in [-0.3, -0.25) is 14.6 Å². The highest BCUT2D eigenvalue weighted by Gasteiger charge is 2.11. The van der Waals surface area contributed by atoms with Gasteiger partial charge in [0.2, 0.25) is 5.91 Å². The monoisotopic (exact) mass is 258 g/mol. The summed E-state index contributed by atoms with van der Waals surface area (Å²) in [7, 11) is 0. The summed E-state index contributed by atoms with van der Waals surface area (Å²) in [6.07, 6.45) is 1.15. The SMILES string of the molecule is NC(N)=NCCCC(C=O)NC(=O)CCC(=O)O. The minimum Gasteiger partial charge on any atom is -0.481 e. The zero-order chi connectivity index (χ0) is 14.0. The third-order valence-electron chi connectivity index (χ3n) is 2.04. The van der Waals surface area contributed by atoms with E-state index in [1.54, 1.807) is 0 Å². The highest BCUT2D eigenvalue weighted by atomic mass is 16.4. The van der Waals surface area contributed by atoms with E-state index in [2.05, 4.69) is 10.3 Å². The number of hydrogen-bond donors (Lipinski definition) is 4. The van der Waals surface area contributed by atoms with Gasteiger partial charge in [-0.1, -0.05) is 0 Å². The van der Waals surface area contributed by atoms with Crippen molar-refractivity contribution in [2.75, 3.05) is 6.54 Å². The number of aldehydes is 1. The molecular weight excluding hydrogens is 240 g/mol. The van der Waals surface area contributed by atoms with Crippen molar-refractivity contribution in [3.8, 4) is 0 Å². The van der Waals surface area contributed by atoms with Gasteiger partial charge in [-0.2, -0.15) is 0 Å². The van der Waals surface area contributed by atoms with Crippen molar-refractivity contribution in [1.82, 2.24) is 5.32 Å². The van der Waals surface area contributed by atoms with Crippen molar-refractivity contribution in [1.29, 1.82) is 0 Å². The molecule has 0 aromatic heterocycles. The first kappa shape index (κ1) is 15.9. The molecule has 0 bridgehead atoms. The van der Waals surface area contributed by atoms with Gasteiger partial charge >= 0.3 is 5.97 Å². The van der Waals surface area contributed by atoms with E-state index in [0.717, 1.165) is 0 Å². The molecular formula is C10H18N4O4. The highest BCUT2D eigenvalue weighted by Crippen LogP contribution is 1.97. The molecule has 0 spiro atoms. The number of rotatable bonds is 9. The lowest BCUT2D eigenvalue weighted by Crippen LogP contribution is -2.36. The lowest BCUT2D eigenvalue weighted by molar-refractivity contribution is -0.138. The summed E-state index contributed by atoms with van der Waals surface area (Å²) < 4.78 is 0. The lowest BCUT2D eigenvalue weighted by atomic mass is 10.1. The Kier molecular flexibility index (Phi) is 7.91. The third-order valence-corrected chi connectivity index (χ3v) is 2.04. The molecule has 0 fully saturated rings. The van der Waals surface area contributed by atoms with Crippen LogP contribution < -0.4 is 16.8 Å². The van der Waals surface area contributed by atoms with E-state index in [0.29, 0.717) is 25.7 Å². The number of carbonyl (C=O) groups is 3. The van der Waals surface area contributed by atoms with Crippen LogP contribution in [-0.4, -0.2) is 41.8 Å². The van der Waals surface area contributed by atoms with Gasteiger partial charge in [-0.25, -0.2) is 0 Å². The Morgan fingerprint density at radius 1 is 1.33 bits per heavy atom. The Labute approximate surface area is 104 Å². The van der Waals surface area contributed by atoms with Crippen LogP contribution in [0.2, 0.25) is 0 Å². The van der Waals surface area contributed by atoms with Gasteiger partial charge in [0.25, 0.3) is 0 Å². The number of aliphatic carboxylic acids is 1. The van der Waals surface area contributed by atoms with Crippen LogP contribution in [0.1, 0.15) is 25.7 Å². The van der Waals surface area contributed by atoms with Crippen LogP contribution in [0.4, 0.5) is 0 Å². The fourth-order valence-electron chi connectivity index (χ4n) is 1.19. The van der Waals surface area contributed by atoms with Crippen LogP contribution >= 0.6 is 0 Å². The summed E-state index contributed by atoms with van der Waals surface area (Å²) >= 11 is 0. The molecule has 18 heavy (non-hydrogen) atoms. The maximum absolute atomic E-state index is 11.3. The van der Waals surface area contributed by atoms with Crippen molar-refractivity contribution in [3.63, 3.8) is 0 Å². The number of carbonyl (C=O) groups excluding carboxylic acids is 2. The summed E-state index contributed by atoms with van der Waals surface area (Å²) in [6.45, 7) is 0.373. The zero-order valence-corrected chi connectivity index (χ0v) is 9.96. The molecule has 0 rings (SSSR count). The lowest BCUT2D eigenvalue weighted by Gasteiger charge is -2.11. The standard InChI is InChI=1S/C10H18N4O4/c11-10(12)13-5-1-2-7(6-15)14-8(16)3-4-9(17)18/h6-7H,1-5H2,(H,14,16)(H,17,18)(H4,11,12,13). The van der Waals surface area contributed by atoms with Gasteiger partial charge in [0.05, 0.1) is 12.5 Å². The number of amides is 1. The second-order valence-corrected chi connectivity index (χ2v) is 3.65. The second kappa shape index (κ2) is 8.97. The van der Waals surface area contributed by atoms with Crippen LogP contribution in [0, 0.1) is 0 Å². The number of hydrogen-bond acceptors (Lipinski definition) is 4. The molecule has 0 aromatic carbocycles. The van der Waals surface area contributed by atoms with Crippen molar-refractivity contribution < 1.29 is 19.5 Å². The van der Waals surface area contributed by atoms with E-state index in [1.807, 2.05) is 0 Å². The van der Waals surface area contributed by atoms with E-state index in [1.165, 1.54) is 0 Å². The predicted molar refractivity (Wildman–Crippen MR) is 64.8 cm³/mol. The summed E-state index contributed by atoms with van der Waals surface area (Å²) in [6, 6.07) is -0.638. The Hall–Kier alpha value is -2.12. The molecule has 0 aromatic rings. The molecule has 8 nitrogen and oxygen atoms in total. The van der Waals surface area contributed by atoms with Crippen molar-refractivity contribution >= 4 is 24.1 Å². The summed E-state index contributed by atoms with van der Waals surface area (Å²) in [5.41, 5.74) is 10.2. The van der Waals surface area contributed by atoms with E-state index < -0.39 is 17.9 Å². The van der Waals surface area contributed by atoms with E-state index in [9.17, 15) is 14.4 Å². The number of nitrogens with two attached hydrogens (primary N) is 2. The van der Waals surface area contributed by atoms with Crippen LogP contribution in [0.15, 0.2) is 4.99 Å². The van der Waals surface area contributed by atoms with Crippen LogP contribution in [-0.2, 0) is 14.4 Å². The largest absolute Gasteiger partial charge is 0.481 e. The third kappa shape index (κ3) is 9.13. The molecule has 0 aliphatic rings. The number of carboxylic acid groups (broad SMARTS) is 1. The first-order chi connectivity index (χ1) is 8.45. The summed E-state index contributed by atoms with van der Waals surface area (Å²) in [5, 5.41) is 10.8. The summed E-state index contributed by atoms with van der Waals surface area (Å²) in [5.74, 6) is -1.54. The minimum atomic E-state index is -1.06. The zero-order valence-electron chi connectivity index (χ0n) is 9.96. The molecule has 0 saturated heterocycles. The molecule has 8 heteroatoms. The molecule has 0 aliphatic heterocycles. The maximum atomic E-state index is 11.3. The normalized spacial score (nSPS) is 11.3. The Morgan fingerprint density at radius 3 is 2.50 bits per heavy atom. The fraction of sp³-hybridized carbons (Fsp3) is 0.600. The van der Waals surface area contributed by atoms with Crippen LogP contribution in [0.25, 0.3) is 0 Å². The molecule has 6 N–H and O–H groups in total. The van der Waals surface area contributed by atoms with E-state index in [4.69, 9.17) is 16.6 Å². The van der Waals surface area contributed by atoms with E-state index in [-0.39, 0.29) is 18.8 Å². The van der Waals surface area contributed by atoms with Crippen LogP contribution in [0.3, 0.4) is 0 Å². The van der Waals surface area contributed by atoms with Gasteiger partial charge in [0, 0.05) is 13.0 Å². The maximum Gasteiger partial charge on any atom is 0.303 e. The predicted octanol–water partition coefficient (Wildman–Crippen LogP) is -1.41. The highest BCUT2D eigenvalue weighted by molar-refractivity contribution is 5.82. The molecule has 0 saturated carbocycles. The molecule has 1 unspecified atom stereocenters. The number of nitrogens with one attached hydrogen (secondary N) is 1. The molecule has 0 radical (unpaired) electrons. The average Bonchev–Trinajstić information content (AvgIpc) is 2.30. The molecule has 102 valence electrons. The second-order valence-electron chi connectivity index (χ2n) is 3.65.